The number of halogens is 3. The Bertz CT molecular complexity index is 1310. The maximum Gasteiger partial charge on any atom is 0.300 e. The number of carbonyl (C=O) groups excluding carboxylic acids is 1. The van der Waals surface area contributed by atoms with E-state index in [4.69, 9.17) is 37.8 Å². The van der Waals surface area contributed by atoms with E-state index < -0.39 is 22.8 Å². The molecule has 12 heteroatoms. The number of aliphatic carboxylic acids is 1. The molecule has 1 unspecified atom stereocenters. The lowest BCUT2D eigenvalue weighted by molar-refractivity contribution is -0.152. The van der Waals surface area contributed by atoms with Crippen LogP contribution in [-0.2, 0) is 25.3 Å². The van der Waals surface area contributed by atoms with Gasteiger partial charge in [-0.2, -0.15) is 0 Å². The van der Waals surface area contributed by atoms with Crippen molar-refractivity contribution in [3.63, 3.8) is 0 Å². The number of ether oxygens (including phenoxy) is 1. The topological polar surface area (TPSA) is 87.2 Å². The highest BCUT2D eigenvalue weighted by Crippen LogP contribution is 2.36. The zero-order valence-corrected chi connectivity index (χ0v) is 29.9. The van der Waals surface area contributed by atoms with Gasteiger partial charge in [-0.05, 0) is 55.7 Å². The summed E-state index contributed by atoms with van der Waals surface area (Å²) in [6.45, 7) is 11.8. The van der Waals surface area contributed by atoms with Gasteiger partial charge in [0.25, 0.3) is 5.97 Å². The second-order valence-corrected chi connectivity index (χ2v) is 13.2. The molecule has 1 aliphatic heterocycles. The first kappa shape index (κ1) is 40.5. The van der Waals surface area contributed by atoms with Gasteiger partial charge < -0.3 is 14.7 Å². The number of amides is 1. The van der Waals surface area contributed by atoms with E-state index in [1.54, 1.807) is 22.5 Å². The van der Waals surface area contributed by atoms with Gasteiger partial charge >= 0.3 is 0 Å². The summed E-state index contributed by atoms with van der Waals surface area (Å²) < 4.78 is 35.6. The van der Waals surface area contributed by atoms with Crippen LogP contribution in [0.5, 0.6) is 0 Å². The smallest absolute Gasteiger partial charge is 0.300 e. The van der Waals surface area contributed by atoms with E-state index in [2.05, 4.69) is 0 Å². The van der Waals surface area contributed by atoms with E-state index in [1.165, 1.54) is 17.4 Å². The molecule has 3 atom stereocenters. The summed E-state index contributed by atoms with van der Waals surface area (Å²) in [5.41, 5.74) is 0.317. The van der Waals surface area contributed by atoms with Crippen molar-refractivity contribution in [1.82, 2.24) is 4.90 Å². The van der Waals surface area contributed by atoms with E-state index in [9.17, 15) is 13.4 Å². The Kier molecular flexibility index (Phi) is 19.9. The van der Waals surface area contributed by atoms with Crippen LogP contribution < -0.4 is 4.31 Å². The molecule has 2 fully saturated rings. The number of nitrogens with zero attached hydrogens (tertiary/aromatic N) is 2. The van der Waals surface area contributed by atoms with Crippen LogP contribution in [0.15, 0.2) is 66.7 Å². The highest BCUT2D eigenvalue weighted by atomic mass is 35.5. The van der Waals surface area contributed by atoms with E-state index >= 15 is 0 Å². The largest absolute Gasteiger partial charge is 0.481 e. The van der Waals surface area contributed by atoms with E-state index in [-0.39, 0.29) is 29.8 Å². The first-order valence-electron chi connectivity index (χ1n) is 15.1. The van der Waals surface area contributed by atoms with Crippen LogP contribution in [0.1, 0.15) is 71.7 Å². The van der Waals surface area contributed by atoms with E-state index in [0.717, 1.165) is 29.7 Å². The summed E-state index contributed by atoms with van der Waals surface area (Å²) in [6, 6.07) is 19.1. The summed E-state index contributed by atoms with van der Waals surface area (Å²) in [7, 11) is -1.34. The molecule has 7 nitrogen and oxygen atoms in total. The Hall–Kier alpha value is -2.50. The number of hydrogen-bond acceptors (Lipinski definition) is 5. The Morgan fingerprint density at radius 2 is 1.64 bits per heavy atom. The Labute approximate surface area is 283 Å². The zero-order valence-electron chi connectivity index (χ0n) is 26.8. The van der Waals surface area contributed by atoms with Crippen LogP contribution >= 0.6 is 34.5 Å². The lowest BCUT2D eigenvalue weighted by Crippen LogP contribution is -2.53. The number of carbonyl (C=O) groups is 2. The lowest BCUT2D eigenvalue weighted by Gasteiger charge is -2.42. The van der Waals surface area contributed by atoms with Gasteiger partial charge in [0, 0.05) is 16.8 Å². The van der Waals surface area contributed by atoms with Gasteiger partial charge in [0.15, 0.2) is 0 Å². The molecular weight excluding hydrogens is 658 g/mol. The summed E-state index contributed by atoms with van der Waals surface area (Å²) in [5.74, 6) is -1.36. The van der Waals surface area contributed by atoms with Crippen LogP contribution in [0.4, 0.5) is 10.1 Å². The fourth-order valence-corrected chi connectivity index (χ4v) is 7.01. The fourth-order valence-electron chi connectivity index (χ4n) is 4.16. The second kappa shape index (κ2) is 22.1. The molecule has 5 rings (SSSR count). The number of morpholine rings is 1. The first-order valence-corrected chi connectivity index (χ1v) is 17.8. The van der Waals surface area contributed by atoms with Crippen LogP contribution in [0, 0.1) is 5.82 Å². The number of rotatable bonds is 8. The summed E-state index contributed by atoms with van der Waals surface area (Å²) in [4.78, 5) is 24.7. The number of para-hydroxylation sites is 1. The maximum absolute atomic E-state index is 14.6. The van der Waals surface area contributed by atoms with Crippen LogP contribution in [0.3, 0.4) is 0 Å². The SMILES string of the molecule is CC.CC.CC(=O)O.CC[C@@H](CN(c1ccccc1F)S(=O)C1CC1)N1C(=O)COC[C@H]1c1ccc(Cl)s1.Clc1ccccc1. The van der Waals surface area contributed by atoms with Crippen LogP contribution in [-0.4, -0.2) is 57.1 Å². The van der Waals surface area contributed by atoms with Crippen LogP contribution in [0.25, 0.3) is 0 Å². The average Bonchev–Trinajstić information content (AvgIpc) is 3.80. The van der Waals surface area contributed by atoms with Crippen molar-refractivity contribution in [2.75, 3.05) is 24.1 Å². The molecule has 2 aliphatic rings. The van der Waals surface area contributed by atoms with Gasteiger partial charge in [-0.3, -0.25) is 13.9 Å². The highest BCUT2D eigenvalue weighted by molar-refractivity contribution is 7.87. The highest BCUT2D eigenvalue weighted by Gasteiger charge is 2.39. The Balaban J connectivity index is 0.000000563. The van der Waals surface area contributed by atoms with Gasteiger partial charge in [-0.15, -0.1) is 11.3 Å². The van der Waals surface area contributed by atoms with Crippen molar-refractivity contribution >= 4 is 63.1 Å². The molecule has 0 radical (unpaired) electrons. The number of anilines is 1. The molecule has 1 N–H and O–H groups in total. The third kappa shape index (κ3) is 13.8. The molecule has 1 aromatic heterocycles. The second-order valence-electron chi connectivity index (χ2n) is 9.34. The molecule has 1 saturated heterocycles. The standard InChI is InChI=1S/C21H24ClFN2O3S2.C6H5Cl.C2H4O2.2C2H6/c1-2-14(25-18(12-28-13-21(25)26)19-9-10-20(22)29-19)11-24(30(27)15-7-8-15)17-6-4-3-5-16(17)23;7-6-4-2-1-3-5-6;1-2(3)4;2*1-2/h3-6,9-10,14-15,18H,2,7-8,11-13H2,1H3;1-5H;1H3,(H,3,4);2*1-2H3/t14-,18-,30?;;;;/m0..../s1. The molecule has 0 bridgehead atoms. The molecule has 250 valence electrons. The maximum atomic E-state index is 14.6. The first-order chi connectivity index (χ1) is 21.6. The predicted octanol–water partition coefficient (Wildman–Crippen LogP) is 9.04. The lowest BCUT2D eigenvalue weighted by atomic mass is 10.1. The minimum atomic E-state index is -1.34. The molecular formula is C33H45Cl2FN2O5S2. The summed E-state index contributed by atoms with van der Waals surface area (Å²) >= 11 is 13.1. The van der Waals surface area contributed by atoms with Gasteiger partial charge in [-0.1, -0.05) is 88.2 Å². The average molecular weight is 704 g/mol. The van der Waals surface area contributed by atoms with E-state index in [1.807, 2.05) is 82.0 Å². The summed E-state index contributed by atoms with van der Waals surface area (Å²) in [6.07, 6.45) is 2.40. The molecule has 2 aromatic carbocycles. The zero-order chi connectivity index (χ0) is 33.9. The number of carboxylic acids is 1. The molecule has 0 spiro atoms. The van der Waals surface area contributed by atoms with E-state index in [0.29, 0.717) is 29.6 Å². The minimum absolute atomic E-state index is 0.0114. The van der Waals surface area contributed by atoms with Gasteiger partial charge in [0.1, 0.15) is 23.4 Å². The quantitative estimate of drug-likeness (QED) is 0.253. The van der Waals surface area contributed by atoms with Crippen molar-refractivity contribution in [3.05, 3.63) is 86.8 Å². The molecule has 3 aromatic rings. The summed E-state index contributed by atoms with van der Waals surface area (Å²) in [5, 5.41) is 8.26. The number of carboxylic acid groups (broad SMARTS) is 1. The third-order valence-electron chi connectivity index (χ3n) is 6.17. The molecule has 1 amide bonds. The van der Waals surface area contributed by atoms with Gasteiger partial charge in [0.05, 0.1) is 40.5 Å². The Morgan fingerprint density at radius 3 is 2.11 bits per heavy atom. The van der Waals surface area contributed by atoms with Gasteiger partial charge in [-0.25, -0.2) is 8.60 Å². The number of thiophene rings is 1. The van der Waals surface area contributed by atoms with Crippen molar-refractivity contribution < 1.29 is 28.0 Å². The van der Waals surface area contributed by atoms with Crippen molar-refractivity contribution in [2.45, 2.75) is 78.1 Å². The Morgan fingerprint density at radius 1 is 1.07 bits per heavy atom. The number of hydrogen-bond donors (Lipinski definition) is 1. The van der Waals surface area contributed by atoms with Crippen molar-refractivity contribution in [1.29, 1.82) is 0 Å². The fraction of sp³-hybridized carbons (Fsp3) is 0.455. The van der Waals surface area contributed by atoms with Crippen molar-refractivity contribution in [3.8, 4) is 0 Å². The molecule has 1 saturated carbocycles. The molecule has 1 aliphatic carbocycles. The third-order valence-corrected chi connectivity index (χ3v) is 9.58. The van der Waals surface area contributed by atoms with Gasteiger partial charge in [0.2, 0.25) is 5.91 Å². The monoisotopic (exact) mass is 702 g/mol. The predicted molar refractivity (Wildman–Crippen MR) is 186 cm³/mol. The molecule has 45 heavy (non-hydrogen) atoms. The minimum Gasteiger partial charge on any atom is -0.481 e. The molecule has 2 heterocycles. The van der Waals surface area contributed by atoms with Crippen LogP contribution in [0.2, 0.25) is 9.36 Å². The number of benzene rings is 2. The normalized spacial score (nSPS) is 16.5. The van der Waals surface area contributed by atoms with Crippen molar-refractivity contribution in [2.24, 2.45) is 0 Å².